The number of amides is 1. The predicted molar refractivity (Wildman–Crippen MR) is 77.1 cm³/mol. The van der Waals surface area contributed by atoms with Gasteiger partial charge in [-0.15, -0.1) is 0 Å². The summed E-state index contributed by atoms with van der Waals surface area (Å²) in [4.78, 5) is 12.4. The van der Waals surface area contributed by atoms with Crippen molar-refractivity contribution >= 4 is 5.91 Å². The van der Waals surface area contributed by atoms with Gasteiger partial charge in [0.1, 0.15) is 5.69 Å². The van der Waals surface area contributed by atoms with E-state index in [4.69, 9.17) is 5.73 Å². The quantitative estimate of drug-likeness (QED) is 0.875. The van der Waals surface area contributed by atoms with Crippen molar-refractivity contribution in [2.24, 2.45) is 11.7 Å². The van der Waals surface area contributed by atoms with Gasteiger partial charge in [0.05, 0.1) is 0 Å². The summed E-state index contributed by atoms with van der Waals surface area (Å²) in [5.41, 5.74) is 6.56. The Labute approximate surface area is 115 Å². The van der Waals surface area contributed by atoms with Crippen molar-refractivity contribution in [3.63, 3.8) is 0 Å². The van der Waals surface area contributed by atoms with Gasteiger partial charge in [0.2, 0.25) is 0 Å². The molecule has 19 heavy (non-hydrogen) atoms. The molecule has 4 nitrogen and oxygen atoms in total. The first kappa shape index (κ1) is 14.1. The Morgan fingerprint density at radius 3 is 2.89 bits per heavy atom. The summed E-state index contributed by atoms with van der Waals surface area (Å²) >= 11 is 0. The molecule has 3 N–H and O–H groups in total. The van der Waals surface area contributed by atoms with Crippen molar-refractivity contribution in [2.45, 2.75) is 51.6 Å². The van der Waals surface area contributed by atoms with Crippen molar-refractivity contribution in [3.8, 4) is 0 Å². The molecule has 0 aromatic carbocycles. The van der Waals surface area contributed by atoms with Crippen LogP contribution in [0.4, 0.5) is 0 Å². The third kappa shape index (κ3) is 3.18. The third-order valence-corrected chi connectivity index (χ3v) is 4.10. The van der Waals surface area contributed by atoms with Crippen LogP contribution in [0.25, 0.3) is 0 Å². The summed E-state index contributed by atoms with van der Waals surface area (Å²) in [6, 6.07) is 4.35. The average Bonchev–Trinajstić information content (AvgIpc) is 2.88. The van der Waals surface area contributed by atoms with E-state index in [1.807, 2.05) is 22.9 Å². The maximum atomic E-state index is 12.4. The van der Waals surface area contributed by atoms with E-state index >= 15 is 0 Å². The molecule has 1 fully saturated rings. The van der Waals surface area contributed by atoms with E-state index in [0.29, 0.717) is 18.5 Å². The lowest BCUT2D eigenvalue weighted by molar-refractivity contribution is 0.0897. The van der Waals surface area contributed by atoms with Crippen LogP contribution in [-0.2, 0) is 0 Å². The van der Waals surface area contributed by atoms with Gasteiger partial charge in [-0.25, -0.2) is 0 Å². The van der Waals surface area contributed by atoms with E-state index in [-0.39, 0.29) is 11.9 Å². The number of nitrogens with two attached hydrogens (primary N) is 1. The summed E-state index contributed by atoms with van der Waals surface area (Å²) in [6.07, 6.45) is 6.56. The van der Waals surface area contributed by atoms with Gasteiger partial charge in [0, 0.05) is 18.3 Å². The first-order chi connectivity index (χ1) is 9.13. The second-order valence-electron chi connectivity index (χ2n) is 5.75. The molecule has 1 aliphatic carbocycles. The molecule has 106 valence electrons. The Morgan fingerprint density at radius 1 is 1.47 bits per heavy atom. The molecule has 1 amide bonds. The minimum absolute atomic E-state index is 0.0315. The van der Waals surface area contributed by atoms with Gasteiger partial charge in [-0.05, 0) is 51.3 Å². The number of hydrogen-bond donors (Lipinski definition) is 2. The molecule has 2 rings (SSSR count). The number of hydrogen-bond acceptors (Lipinski definition) is 2. The molecule has 0 aliphatic heterocycles. The van der Waals surface area contributed by atoms with Gasteiger partial charge in [-0.3, -0.25) is 4.79 Å². The second kappa shape index (κ2) is 6.24. The van der Waals surface area contributed by atoms with E-state index in [2.05, 4.69) is 19.2 Å². The Hall–Kier alpha value is -1.29. The second-order valence-corrected chi connectivity index (χ2v) is 5.75. The van der Waals surface area contributed by atoms with Gasteiger partial charge in [-0.1, -0.05) is 12.8 Å². The van der Waals surface area contributed by atoms with Crippen LogP contribution in [0, 0.1) is 5.92 Å². The first-order valence-corrected chi connectivity index (χ1v) is 7.31. The minimum Gasteiger partial charge on any atom is -0.348 e. The lowest BCUT2D eigenvalue weighted by atomic mass is 9.84. The van der Waals surface area contributed by atoms with Crippen LogP contribution in [-0.4, -0.2) is 23.1 Å². The Balaban J connectivity index is 2.05. The van der Waals surface area contributed by atoms with Gasteiger partial charge in [-0.2, -0.15) is 0 Å². The topological polar surface area (TPSA) is 60.0 Å². The minimum atomic E-state index is 0.0315. The van der Waals surface area contributed by atoms with Crippen LogP contribution in [0.3, 0.4) is 0 Å². The molecule has 0 spiro atoms. The normalized spacial score (nSPS) is 23.6. The monoisotopic (exact) mass is 263 g/mol. The van der Waals surface area contributed by atoms with Gasteiger partial charge in [0.25, 0.3) is 5.91 Å². The molecule has 0 bridgehead atoms. The highest BCUT2D eigenvalue weighted by atomic mass is 16.2. The van der Waals surface area contributed by atoms with Gasteiger partial charge >= 0.3 is 0 Å². The maximum absolute atomic E-state index is 12.4. The fraction of sp³-hybridized carbons (Fsp3) is 0.667. The van der Waals surface area contributed by atoms with E-state index in [9.17, 15) is 4.79 Å². The fourth-order valence-corrected chi connectivity index (χ4v) is 2.96. The van der Waals surface area contributed by atoms with Gasteiger partial charge < -0.3 is 15.6 Å². The molecule has 1 saturated carbocycles. The molecule has 2 atom stereocenters. The smallest absolute Gasteiger partial charge is 0.268 e. The third-order valence-electron chi connectivity index (χ3n) is 4.10. The van der Waals surface area contributed by atoms with Crippen LogP contribution in [0.5, 0.6) is 0 Å². The Kier molecular flexibility index (Phi) is 4.64. The summed E-state index contributed by atoms with van der Waals surface area (Å²) in [5.74, 6) is 0.462. The van der Waals surface area contributed by atoms with Crippen LogP contribution >= 0.6 is 0 Å². The standard InChI is InChI=1S/C15H25N3O/c1-11(2)18-9-5-8-14(18)15(19)17-13-7-4-3-6-12(13)10-16/h5,8-9,11-13H,3-4,6-7,10,16H2,1-2H3,(H,17,19). The van der Waals surface area contributed by atoms with Crippen LogP contribution < -0.4 is 11.1 Å². The maximum Gasteiger partial charge on any atom is 0.268 e. The molecule has 0 radical (unpaired) electrons. The van der Waals surface area contributed by atoms with E-state index in [1.54, 1.807) is 0 Å². The molecular formula is C15H25N3O. The Morgan fingerprint density at radius 2 is 2.21 bits per heavy atom. The largest absolute Gasteiger partial charge is 0.348 e. The highest BCUT2D eigenvalue weighted by molar-refractivity contribution is 5.93. The predicted octanol–water partition coefficient (Wildman–Crippen LogP) is 2.32. The molecular weight excluding hydrogens is 238 g/mol. The van der Waals surface area contributed by atoms with Crippen molar-refractivity contribution in [3.05, 3.63) is 24.0 Å². The average molecular weight is 263 g/mol. The first-order valence-electron chi connectivity index (χ1n) is 7.31. The number of rotatable bonds is 4. The van der Waals surface area contributed by atoms with Crippen molar-refractivity contribution in [1.29, 1.82) is 0 Å². The molecule has 2 unspecified atom stereocenters. The fourth-order valence-electron chi connectivity index (χ4n) is 2.96. The lowest BCUT2D eigenvalue weighted by Gasteiger charge is -2.31. The molecule has 1 aromatic rings. The zero-order valence-electron chi connectivity index (χ0n) is 11.9. The van der Waals surface area contributed by atoms with E-state index in [1.165, 1.54) is 12.8 Å². The number of nitrogens with zero attached hydrogens (tertiary/aromatic N) is 1. The zero-order valence-corrected chi connectivity index (χ0v) is 11.9. The highest BCUT2D eigenvalue weighted by Crippen LogP contribution is 2.24. The van der Waals surface area contributed by atoms with E-state index < -0.39 is 0 Å². The molecule has 1 heterocycles. The molecule has 4 heteroatoms. The summed E-state index contributed by atoms with van der Waals surface area (Å²) < 4.78 is 2.01. The SMILES string of the molecule is CC(C)n1cccc1C(=O)NC1CCCCC1CN. The van der Waals surface area contributed by atoms with Crippen LogP contribution in [0.15, 0.2) is 18.3 Å². The van der Waals surface area contributed by atoms with Crippen LogP contribution in [0.2, 0.25) is 0 Å². The summed E-state index contributed by atoms with van der Waals surface area (Å²) in [7, 11) is 0. The summed E-state index contributed by atoms with van der Waals surface area (Å²) in [6.45, 7) is 4.83. The van der Waals surface area contributed by atoms with Crippen molar-refractivity contribution in [2.75, 3.05) is 6.54 Å². The summed E-state index contributed by atoms with van der Waals surface area (Å²) in [5, 5.41) is 3.18. The lowest BCUT2D eigenvalue weighted by Crippen LogP contribution is -2.45. The number of aromatic nitrogens is 1. The molecule has 1 aliphatic rings. The van der Waals surface area contributed by atoms with Gasteiger partial charge in [0.15, 0.2) is 0 Å². The van der Waals surface area contributed by atoms with E-state index in [0.717, 1.165) is 18.5 Å². The number of carbonyl (C=O) groups excluding carboxylic acids is 1. The Bertz CT molecular complexity index is 425. The molecule has 0 saturated heterocycles. The zero-order chi connectivity index (χ0) is 13.8. The van der Waals surface area contributed by atoms with Crippen molar-refractivity contribution in [1.82, 2.24) is 9.88 Å². The van der Waals surface area contributed by atoms with Crippen LogP contribution in [0.1, 0.15) is 56.1 Å². The van der Waals surface area contributed by atoms with Crippen molar-refractivity contribution < 1.29 is 4.79 Å². The number of nitrogens with one attached hydrogen (secondary N) is 1. The number of carbonyl (C=O) groups is 1. The molecule has 1 aromatic heterocycles. The highest BCUT2D eigenvalue weighted by Gasteiger charge is 2.26.